The molecule has 0 radical (unpaired) electrons. The molecule has 0 amide bonds. The van der Waals surface area contributed by atoms with Crippen LogP contribution < -0.4 is 10.5 Å². The maximum Gasteiger partial charge on any atom is 0.573 e. The van der Waals surface area contributed by atoms with Gasteiger partial charge < -0.3 is 10.5 Å². The number of alkyl halides is 4. The van der Waals surface area contributed by atoms with Gasteiger partial charge in [-0.1, -0.05) is 22.0 Å². The molecule has 7 heteroatoms. The van der Waals surface area contributed by atoms with Crippen LogP contribution in [-0.2, 0) is 5.33 Å². The largest absolute Gasteiger partial charge is 0.573 e. The third kappa shape index (κ3) is 3.27. The molecular weight excluding hydrogens is 343 g/mol. The Bertz CT molecular complexity index is 368. The zero-order valence-electron chi connectivity index (χ0n) is 7.24. The molecule has 0 spiro atoms. The fraction of sp³-hybridized carbons (Fsp3) is 0.250. The van der Waals surface area contributed by atoms with Crippen LogP contribution in [0.2, 0.25) is 0 Å². The Hall–Kier alpha value is -0.430. The van der Waals surface area contributed by atoms with Crippen molar-refractivity contribution >= 4 is 37.5 Å². The third-order valence-corrected chi connectivity index (χ3v) is 3.04. The van der Waals surface area contributed by atoms with Crippen molar-refractivity contribution in [2.24, 2.45) is 0 Å². The van der Waals surface area contributed by atoms with E-state index >= 15 is 0 Å². The topological polar surface area (TPSA) is 35.2 Å². The molecule has 0 heterocycles. The summed E-state index contributed by atoms with van der Waals surface area (Å²) in [6.45, 7) is 0. The number of ether oxygens (including phenoxy) is 1. The van der Waals surface area contributed by atoms with Crippen molar-refractivity contribution in [1.82, 2.24) is 0 Å². The van der Waals surface area contributed by atoms with Crippen molar-refractivity contribution in [3.8, 4) is 5.75 Å². The highest BCUT2D eigenvalue weighted by molar-refractivity contribution is 9.11. The number of hydrogen-bond acceptors (Lipinski definition) is 2. The predicted molar refractivity (Wildman–Crippen MR) is 57.9 cm³/mol. The highest BCUT2D eigenvalue weighted by atomic mass is 79.9. The van der Waals surface area contributed by atoms with Gasteiger partial charge in [0.05, 0.1) is 10.2 Å². The molecule has 0 aliphatic carbocycles. The molecule has 1 aromatic carbocycles. The van der Waals surface area contributed by atoms with Gasteiger partial charge in [0.15, 0.2) is 5.75 Å². The van der Waals surface area contributed by atoms with Gasteiger partial charge in [0.25, 0.3) is 0 Å². The Morgan fingerprint density at radius 2 is 1.93 bits per heavy atom. The van der Waals surface area contributed by atoms with Crippen LogP contribution in [0.15, 0.2) is 16.6 Å². The van der Waals surface area contributed by atoms with E-state index in [0.29, 0.717) is 10.9 Å². The van der Waals surface area contributed by atoms with Crippen LogP contribution in [0.4, 0.5) is 18.9 Å². The summed E-state index contributed by atoms with van der Waals surface area (Å²) in [5.41, 5.74) is 5.94. The molecule has 1 aromatic rings. The lowest BCUT2D eigenvalue weighted by molar-refractivity contribution is -0.274. The Morgan fingerprint density at radius 3 is 2.40 bits per heavy atom. The van der Waals surface area contributed by atoms with Crippen LogP contribution in [-0.4, -0.2) is 6.36 Å². The van der Waals surface area contributed by atoms with Crippen LogP contribution in [0, 0.1) is 0 Å². The first-order valence-electron chi connectivity index (χ1n) is 3.73. The molecule has 0 fully saturated rings. The Balaban J connectivity index is 3.15. The highest BCUT2D eigenvalue weighted by Crippen LogP contribution is 2.38. The van der Waals surface area contributed by atoms with Crippen LogP contribution in [0.3, 0.4) is 0 Å². The number of halogens is 5. The molecule has 0 saturated carbocycles. The molecule has 2 nitrogen and oxygen atoms in total. The van der Waals surface area contributed by atoms with Crippen molar-refractivity contribution in [3.05, 3.63) is 22.2 Å². The highest BCUT2D eigenvalue weighted by Gasteiger charge is 2.33. The number of anilines is 1. The summed E-state index contributed by atoms with van der Waals surface area (Å²) in [4.78, 5) is 0. The first-order chi connectivity index (χ1) is 6.85. The fourth-order valence-corrected chi connectivity index (χ4v) is 2.36. The van der Waals surface area contributed by atoms with Crippen LogP contribution in [0.1, 0.15) is 5.56 Å². The maximum atomic E-state index is 12.0. The van der Waals surface area contributed by atoms with Crippen molar-refractivity contribution in [2.45, 2.75) is 11.7 Å². The first-order valence-corrected chi connectivity index (χ1v) is 5.65. The Kier molecular flexibility index (Phi) is 3.88. The van der Waals surface area contributed by atoms with E-state index < -0.39 is 12.1 Å². The SMILES string of the molecule is Nc1ccc(CBr)c(Br)c1OC(F)(F)F. The smallest absolute Gasteiger partial charge is 0.402 e. The van der Waals surface area contributed by atoms with E-state index in [1.165, 1.54) is 6.07 Å². The third-order valence-electron chi connectivity index (χ3n) is 1.57. The normalized spacial score (nSPS) is 11.5. The minimum Gasteiger partial charge on any atom is -0.402 e. The average Bonchev–Trinajstić information content (AvgIpc) is 2.11. The number of rotatable bonds is 2. The Morgan fingerprint density at radius 1 is 1.33 bits per heavy atom. The second-order valence-corrected chi connectivity index (χ2v) is 3.99. The second-order valence-electron chi connectivity index (χ2n) is 2.64. The van der Waals surface area contributed by atoms with E-state index in [-0.39, 0.29) is 10.2 Å². The summed E-state index contributed by atoms with van der Waals surface area (Å²) in [5.74, 6) is -0.403. The Labute approximate surface area is 101 Å². The van der Waals surface area contributed by atoms with Gasteiger partial charge in [-0.3, -0.25) is 0 Å². The zero-order chi connectivity index (χ0) is 11.6. The van der Waals surface area contributed by atoms with Crippen molar-refractivity contribution in [2.75, 3.05) is 5.73 Å². The van der Waals surface area contributed by atoms with Crippen molar-refractivity contribution in [1.29, 1.82) is 0 Å². The molecule has 84 valence electrons. The zero-order valence-corrected chi connectivity index (χ0v) is 10.4. The molecule has 2 N–H and O–H groups in total. The second kappa shape index (κ2) is 4.61. The summed E-state index contributed by atoms with van der Waals surface area (Å²) >= 11 is 6.15. The summed E-state index contributed by atoms with van der Waals surface area (Å²) in [6.07, 6.45) is -4.75. The maximum absolute atomic E-state index is 12.0. The van der Waals surface area contributed by atoms with Gasteiger partial charge in [-0.05, 0) is 27.6 Å². The van der Waals surface area contributed by atoms with Crippen LogP contribution >= 0.6 is 31.9 Å². The number of hydrogen-bond donors (Lipinski definition) is 1. The van der Waals surface area contributed by atoms with E-state index in [0.717, 1.165) is 0 Å². The van der Waals surface area contributed by atoms with Gasteiger partial charge in [0, 0.05) is 5.33 Å². The van der Waals surface area contributed by atoms with Crippen LogP contribution in [0.25, 0.3) is 0 Å². The molecule has 0 atom stereocenters. The molecule has 0 saturated heterocycles. The summed E-state index contributed by atoms with van der Waals surface area (Å²) < 4.78 is 40.1. The number of benzene rings is 1. The van der Waals surface area contributed by atoms with E-state index in [1.807, 2.05) is 0 Å². The average molecular weight is 349 g/mol. The molecule has 15 heavy (non-hydrogen) atoms. The van der Waals surface area contributed by atoms with Crippen LogP contribution in [0.5, 0.6) is 5.75 Å². The molecule has 0 aliphatic rings. The lowest BCUT2D eigenvalue weighted by Gasteiger charge is -2.14. The lowest BCUT2D eigenvalue weighted by atomic mass is 10.2. The van der Waals surface area contributed by atoms with Crippen molar-refractivity contribution in [3.63, 3.8) is 0 Å². The molecule has 0 bridgehead atoms. The monoisotopic (exact) mass is 347 g/mol. The minimum absolute atomic E-state index is 0.0658. The molecular formula is C8H6Br2F3NO. The van der Waals surface area contributed by atoms with Gasteiger partial charge in [0.1, 0.15) is 0 Å². The molecule has 0 aliphatic heterocycles. The van der Waals surface area contributed by atoms with E-state index in [2.05, 4.69) is 36.6 Å². The van der Waals surface area contributed by atoms with Gasteiger partial charge >= 0.3 is 6.36 Å². The standard InChI is InChI=1S/C8H6Br2F3NO/c9-3-4-1-2-5(14)7(6(4)10)15-8(11,12)13/h1-2H,3,14H2. The summed E-state index contributed by atoms with van der Waals surface area (Å²) in [7, 11) is 0. The van der Waals surface area contributed by atoms with E-state index in [4.69, 9.17) is 5.73 Å². The molecule has 0 unspecified atom stereocenters. The molecule has 0 aromatic heterocycles. The van der Waals surface area contributed by atoms with E-state index in [1.54, 1.807) is 6.07 Å². The first kappa shape index (κ1) is 12.6. The van der Waals surface area contributed by atoms with Crippen molar-refractivity contribution < 1.29 is 17.9 Å². The van der Waals surface area contributed by atoms with E-state index in [9.17, 15) is 13.2 Å². The van der Waals surface area contributed by atoms with Gasteiger partial charge in [-0.2, -0.15) is 0 Å². The number of nitrogens with two attached hydrogens (primary N) is 1. The predicted octanol–water partition coefficient (Wildman–Crippen LogP) is 3.82. The number of nitrogen functional groups attached to an aromatic ring is 1. The molecule has 1 rings (SSSR count). The lowest BCUT2D eigenvalue weighted by Crippen LogP contribution is -2.18. The fourth-order valence-electron chi connectivity index (χ4n) is 0.934. The van der Waals surface area contributed by atoms with Gasteiger partial charge in [-0.15, -0.1) is 13.2 Å². The van der Waals surface area contributed by atoms with Gasteiger partial charge in [0.2, 0.25) is 0 Å². The van der Waals surface area contributed by atoms with Gasteiger partial charge in [-0.25, -0.2) is 0 Å². The summed E-state index contributed by atoms with van der Waals surface area (Å²) in [6, 6.07) is 2.97. The quantitative estimate of drug-likeness (QED) is 0.651. The summed E-state index contributed by atoms with van der Waals surface area (Å²) in [5, 5.41) is 0.405. The minimum atomic E-state index is -4.75.